The molecule has 2 amide bonds. The Morgan fingerprint density at radius 1 is 1.28 bits per heavy atom. The number of carbonyl (C=O) groups excluding carboxylic acids is 4. The minimum atomic E-state index is -0.992. The molecule has 12 heteroatoms. The van der Waals surface area contributed by atoms with Gasteiger partial charge in [0, 0.05) is 26.2 Å². The first-order chi connectivity index (χ1) is 14.9. The van der Waals surface area contributed by atoms with Crippen LogP contribution in [0.3, 0.4) is 0 Å². The van der Waals surface area contributed by atoms with Crippen molar-refractivity contribution in [3.8, 4) is 5.75 Å². The van der Waals surface area contributed by atoms with E-state index in [4.69, 9.17) is 18.9 Å². The maximum Gasteiger partial charge on any atom is 0.335 e. The van der Waals surface area contributed by atoms with Gasteiger partial charge in [-0.2, -0.15) is 6.41 Å². The summed E-state index contributed by atoms with van der Waals surface area (Å²) >= 11 is 0. The second kappa shape index (κ2) is 12.5. The standard InChI is InChI=1S/C20H25N2O9.Fm/c1-12(25)29-14-8-17(20(27)28-2)31-19(9-14)30-16-4-3-13(10-23)7-15(16)22-18(26)5-6-21-11-24;/h3-4,7,14,17,19,23H,5-6,8-10H2,1-2H3,(H,21,24)(H,22,26);/q-1;/t14-,17-,19+;/m1./s1. The van der Waals surface area contributed by atoms with E-state index < -0.39 is 36.3 Å². The monoisotopic (exact) mass is 694 g/mol. The van der Waals surface area contributed by atoms with Crippen LogP contribution in [0.5, 0.6) is 5.75 Å². The number of benzene rings is 1. The molecule has 1 aromatic rings. The van der Waals surface area contributed by atoms with Crippen molar-refractivity contribution >= 4 is 29.9 Å². The molecule has 1 aliphatic rings. The first kappa shape index (κ1) is 25.9. The summed E-state index contributed by atoms with van der Waals surface area (Å²) in [5, 5.41) is 14.3. The molecule has 2 rings (SSSR count). The number of esters is 2. The van der Waals surface area contributed by atoms with Crippen molar-refractivity contribution in [2.24, 2.45) is 0 Å². The van der Waals surface area contributed by atoms with Gasteiger partial charge in [-0.05, 0) is 24.2 Å². The molecular weight excluding hydrogens is 669 g/mol. The summed E-state index contributed by atoms with van der Waals surface area (Å²) in [6.45, 7) is 1.10. The smallest absolute Gasteiger partial charge is 0.335 e. The van der Waals surface area contributed by atoms with Crippen LogP contribution in [0.2, 0.25) is 0 Å². The molecule has 0 radical (unpaired) electrons. The second-order valence-electron chi connectivity index (χ2n) is 6.71. The number of ether oxygens (including phenoxy) is 4. The van der Waals surface area contributed by atoms with Crippen molar-refractivity contribution in [1.29, 1.82) is 0 Å². The van der Waals surface area contributed by atoms with E-state index in [1.165, 1.54) is 32.6 Å². The van der Waals surface area contributed by atoms with Gasteiger partial charge in [-0.3, -0.25) is 9.59 Å². The Labute approximate surface area is 179 Å². The number of rotatable bonds is 10. The molecule has 1 heterocycles. The van der Waals surface area contributed by atoms with Crippen LogP contribution in [0.1, 0.15) is 31.7 Å². The Kier molecular flexibility index (Phi) is 10.1. The molecule has 0 aromatic heterocycles. The van der Waals surface area contributed by atoms with Crippen molar-refractivity contribution in [2.75, 3.05) is 19.0 Å². The van der Waals surface area contributed by atoms with Gasteiger partial charge in [-0.1, -0.05) is 6.07 Å². The van der Waals surface area contributed by atoms with Gasteiger partial charge in [0.15, 0.2) is 6.10 Å². The molecule has 0 bridgehead atoms. The fraction of sp³-hybridized carbons (Fsp3) is 0.500. The van der Waals surface area contributed by atoms with Crippen LogP contribution in [0.15, 0.2) is 18.2 Å². The number of nitrogens with one attached hydrogen (secondary N) is 2. The number of carbonyl (C=O) groups is 3. The van der Waals surface area contributed by atoms with Gasteiger partial charge in [0.1, 0.15) is 11.9 Å². The topological polar surface area (TPSA) is 149 Å². The minimum Gasteiger partial charge on any atom is -0.529 e. The van der Waals surface area contributed by atoms with E-state index in [9.17, 15) is 24.3 Å². The summed E-state index contributed by atoms with van der Waals surface area (Å²) in [6.07, 6.45) is -0.830. The third-order valence-corrected chi connectivity index (χ3v) is 4.35. The van der Waals surface area contributed by atoms with Crippen LogP contribution in [0.25, 0.3) is 0 Å². The number of methoxy groups -OCH3 is 1. The second-order valence-corrected chi connectivity index (χ2v) is 6.71. The Morgan fingerprint density at radius 2 is 2.03 bits per heavy atom. The number of aliphatic hydroxyl groups excluding tert-OH is 1. The van der Waals surface area contributed by atoms with Crippen molar-refractivity contribution in [2.45, 2.75) is 51.3 Å². The van der Waals surface area contributed by atoms with Crippen LogP contribution < -0.4 is 15.4 Å². The minimum absolute atomic E-state index is 0. The Balaban J connectivity index is 0.00000512. The zero-order valence-electron chi connectivity index (χ0n) is 17.5. The zero-order chi connectivity index (χ0) is 22.8. The average molecular weight is 694 g/mol. The molecule has 0 aliphatic carbocycles. The number of hydrogen-bond acceptors (Lipinski definition) is 9. The fourth-order valence-electron chi connectivity index (χ4n) is 2.99. The van der Waals surface area contributed by atoms with Gasteiger partial charge in [0.25, 0.3) is 0 Å². The van der Waals surface area contributed by atoms with Crippen LogP contribution in [0.4, 0.5) is 5.69 Å². The van der Waals surface area contributed by atoms with E-state index in [0.717, 1.165) is 0 Å². The van der Waals surface area contributed by atoms with E-state index in [0.29, 0.717) is 5.56 Å². The van der Waals surface area contributed by atoms with E-state index in [-0.39, 0.29) is 43.9 Å². The van der Waals surface area contributed by atoms with Crippen LogP contribution in [-0.2, 0) is 40.0 Å². The van der Waals surface area contributed by atoms with Crippen molar-refractivity contribution < 1.29 is 43.2 Å². The average Bonchev–Trinajstić information content (AvgIpc) is 2.73. The third kappa shape index (κ3) is 7.58. The Morgan fingerprint density at radius 3 is 2.66 bits per heavy atom. The molecule has 1 saturated heterocycles. The molecule has 11 nitrogen and oxygen atoms in total. The number of amides is 2. The van der Waals surface area contributed by atoms with Crippen LogP contribution in [-0.4, -0.2) is 61.5 Å². The molecule has 3 N–H and O–H groups in total. The summed E-state index contributed by atoms with van der Waals surface area (Å²) in [5.41, 5.74) is 0.788. The Hall–Kier alpha value is -4.18. The number of anilines is 1. The van der Waals surface area contributed by atoms with Crippen molar-refractivity contribution in [1.82, 2.24) is 5.32 Å². The molecule has 3 atom stereocenters. The van der Waals surface area contributed by atoms with Gasteiger partial charge in [-0.25, -0.2) is 4.79 Å². The molecule has 1 aromatic carbocycles. The molecule has 0 saturated carbocycles. The first-order valence-corrected chi connectivity index (χ1v) is 9.57. The van der Waals surface area contributed by atoms with Crippen LogP contribution in [0, 0.1) is 0 Å². The maximum atomic E-state index is 12.1. The first-order valence-electron chi connectivity index (χ1n) is 9.57. The summed E-state index contributed by atoms with van der Waals surface area (Å²) in [7, 11) is 1.22. The van der Waals surface area contributed by atoms with Crippen LogP contribution >= 0.6 is 0 Å². The van der Waals surface area contributed by atoms with Gasteiger partial charge in [0.05, 0.1) is 19.4 Å². The van der Waals surface area contributed by atoms with E-state index in [2.05, 4.69) is 10.6 Å². The molecule has 182 valence electrons. The Bertz CT molecular complexity index is 805. The molecule has 1 aliphatic heterocycles. The summed E-state index contributed by atoms with van der Waals surface area (Å²) in [5.74, 6) is -1.32. The molecular formula is C20H25FmN2O9-. The predicted octanol–water partition coefficient (Wildman–Crippen LogP) is 0.153. The number of aliphatic hydroxyl groups is 1. The fourth-order valence-corrected chi connectivity index (χ4v) is 2.99. The van der Waals surface area contributed by atoms with E-state index in [1.54, 1.807) is 6.07 Å². The van der Waals surface area contributed by atoms with Gasteiger partial charge < -0.3 is 39.5 Å². The SMILES string of the molecule is COC(=O)[C@H]1C[C@@H](OC(C)=O)C[C@@H](Oc2ccc(CO)cc2NC(=O)CCN[C-]=O)O1.[Fm]. The quantitative estimate of drug-likeness (QED) is 0.135. The summed E-state index contributed by atoms with van der Waals surface area (Å²) < 4.78 is 21.4. The van der Waals surface area contributed by atoms with Gasteiger partial charge in [-0.15, -0.1) is 0 Å². The predicted molar refractivity (Wildman–Crippen MR) is 105 cm³/mol. The van der Waals surface area contributed by atoms with E-state index in [1.807, 2.05) is 0 Å². The maximum absolute atomic E-state index is 12.1. The normalized spacial score (nSPS) is 19.7. The third-order valence-electron chi connectivity index (χ3n) is 4.35. The van der Waals surface area contributed by atoms with Gasteiger partial charge in [0.2, 0.25) is 12.2 Å². The van der Waals surface area contributed by atoms with Gasteiger partial charge >= 0.3 is 11.9 Å². The van der Waals surface area contributed by atoms with Crippen molar-refractivity contribution in [3.05, 3.63) is 23.8 Å². The van der Waals surface area contributed by atoms with Crippen molar-refractivity contribution in [3.63, 3.8) is 0 Å². The molecule has 1 fully saturated rings. The van der Waals surface area contributed by atoms with E-state index >= 15 is 0 Å². The molecule has 0 unspecified atom stereocenters. The molecule has 32 heavy (non-hydrogen) atoms. The largest absolute Gasteiger partial charge is 0.529 e. The number of hydrogen-bond donors (Lipinski definition) is 3. The molecule has 0 spiro atoms. The summed E-state index contributed by atoms with van der Waals surface area (Å²) in [6, 6.07) is 4.65. The zero-order valence-corrected chi connectivity index (χ0v) is 19.9. The summed E-state index contributed by atoms with van der Waals surface area (Å²) in [4.78, 5) is 45.6.